The monoisotopic (exact) mass is 447 g/mol. The van der Waals surface area contributed by atoms with Gasteiger partial charge in [-0.05, 0) is 30.3 Å². The number of halogens is 1. The molecule has 2 aromatic heterocycles. The van der Waals surface area contributed by atoms with E-state index in [4.69, 9.17) is 0 Å². The van der Waals surface area contributed by atoms with Crippen molar-refractivity contribution >= 4 is 11.6 Å². The fraction of sp³-hybridized carbons (Fsp3) is 0.174. The van der Waals surface area contributed by atoms with Gasteiger partial charge >= 0.3 is 0 Å². The molecule has 168 valence electrons. The highest BCUT2D eigenvalue weighted by Crippen LogP contribution is 2.19. The molecular formula is C23H22FN7O2. The van der Waals surface area contributed by atoms with Crippen LogP contribution < -0.4 is 10.6 Å². The van der Waals surface area contributed by atoms with Gasteiger partial charge in [-0.3, -0.25) is 4.79 Å². The van der Waals surface area contributed by atoms with Crippen molar-refractivity contribution in [2.24, 2.45) is 7.05 Å². The molecule has 0 aliphatic heterocycles. The summed E-state index contributed by atoms with van der Waals surface area (Å²) in [5.74, 6) is 0.381. The van der Waals surface area contributed by atoms with Gasteiger partial charge in [0.25, 0.3) is 5.91 Å². The van der Waals surface area contributed by atoms with Gasteiger partial charge in [-0.15, -0.1) is 10.2 Å². The van der Waals surface area contributed by atoms with E-state index in [0.29, 0.717) is 35.1 Å². The Balaban J connectivity index is 1.44. The first kappa shape index (κ1) is 22.0. The maximum atomic E-state index is 14.1. The van der Waals surface area contributed by atoms with E-state index in [9.17, 15) is 14.3 Å². The minimum Gasteiger partial charge on any atom is -0.394 e. The van der Waals surface area contributed by atoms with Crippen molar-refractivity contribution in [3.8, 4) is 11.5 Å². The number of aromatic nitrogens is 5. The normalized spacial score (nSPS) is 11.7. The summed E-state index contributed by atoms with van der Waals surface area (Å²) in [4.78, 5) is 20.8. The summed E-state index contributed by atoms with van der Waals surface area (Å²) >= 11 is 0. The average Bonchev–Trinajstić information content (AvgIpc) is 3.22. The summed E-state index contributed by atoms with van der Waals surface area (Å²) in [6.07, 6.45) is 3.09. The van der Waals surface area contributed by atoms with Crippen molar-refractivity contribution in [3.05, 3.63) is 89.9 Å². The zero-order valence-corrected chi connectivity index (χ0v) is 17.8. The number of aliphatic hydroxyl groups is 1. The third-order valence-corrected chi connectivity index (χ3v) is 5.12. The van der Waals surface area contributed by atoms with Crippen LogP contribution in [0.1, 0.15) is 27.8 Å². The van der Waals surface area contributed by atoms with Crippen LogP contribution in [0.3, 0.4) is 0 Å². The lowest BCUT2D eigenvalue weighted by Gasteiger charge is -2.17. The van der Waals surface area contributed by atoms with Crippen molar-refractivity contribution in [2.45, 2.75) is 12.6 Å². The quantitative estimate of drug-likeness (QED) is 0.380. The molecule has 0 aliphatic rings. The van der Waals surface area contributed by atoms with E-state index in [1.165, 1.54) is 18.5 Å². The SMILES string of the molecule is Cn1c(CNc2cccc(C(=O)NC(CO)c3ccccc3F)c2)nnc1-c1ccncn1. The minimum absolute atomic E-state index is 0.226. The largest absolute Gasteiger partial charge is 0.394 e. The van der Waals surface area contributed by atoms with Gasteiger partial charge in [0.15, 0.2) is 11.6 Å². The molecule has 9 nitrogen and oxygen atoms in total. The molecule has 33 heavy (non-hydrogen) atoms. The standard InChI is InChI=1S/C23H22FN7O2/c1-31-21(29-30-22(31)19-9-10-25-14-27-19)12-26-16-6-4-5-15(11-16)23(33)28-20(13-32)17-7-2-3-8-18(17)24/h2-11,14,20,26,32H,12-13H2,1H3,(H,28,33). The van der Waals surface area contributed by atoms with Gasteiger partial charge in [-0.25, -0.2) is 14.4 Å². The third-order valence-electron chi connectivity index (χ3n) is 5.12. The molecule has 1 amide bonds. The van der Waals surface area contributed by atoms with E-state index in [-0.39, 0.29) is 5.56 Å². The summed E-state index contributed by atoms with van der Waals surface area (Å²) in [5.41, 5.74) is 1.96. The van der Waals surface area contributed by atoms with E-state index < -0.39 is 24.4 Å². The molecule has 0 aliphatic carbocycles. The molecule has 1 unspecified atom stereocenters. The smallest absolute Gasteiger partial charge is 0.251 e. The number of carbonyl (C=O) groups excluding carboxylic acids is 1. The van der Waals surface area contributed by atoms with E-state index in [2.05, 4.69) is 30.8 Å². The molecular weight excluding hydrogens is 425 g/mol. The number of amides is 1. The number of nitrogens with zero attached hydrogens (tertiary/aromatic N) is 5. The van der Waals surface area contributed by atoms with Crippen LogP contribution in [0.4, 0.5) is 10.1 Å². The molecule has 10 heteroatoms. The summed E-state index contributed by atoms with van der Waals surface area (Å²) in [6.45, 7) is -0.0560. The molecule has 0 fully saturated rings. The predicted molar refractivity (Wildman–Crippen MR) is 119 cm³/mol. The van der Waals surface area contributed by atoms with Crippen LogP contribution in [0.2, 0.25) is 0 Å². The molecule has 0 radical (unpaired) electrons. The Bertz CT molecular complexity index is 1250. The molecule has 0 saturated carbocycles. The van der Waals surface area contributed by atoms with Crippen LogP contribution in [-0.2, 0) is 13.6 Å². The number of hydrogen-bond donors (Lipinski definition) is 3. The van der Waals surface area contributed by atoms with Crippen LogP contribution in [0.25, 0.3) is 11.5 Å². The molecule has 2 heterocycles. The Morgan fingerprint density at radius 2 is 2.00 bits per heavy atom. The lowest BCUT2D eigenvalue weighted by atomic mass is 10.1. The minimum atomic E-state index is -0.853. The highest BCUT2D eigenvalue weighted by atomic mass is 19.1. The van der Waals surface area contributed by atoms with Gasteiger partial charge in [-0.1, -0.05) is 24.3 Å². The lowest BCUT2D eigenvalue weighted by molar-refractivity contribution is 0.0915. The van der Waals surface area contributed by atoms with Crippen molar-refractivity contribution in [3.63, 3.8) is 0 Å². The molecule has 1 atom stereocenters. The van der Waals surface area contributed by atoms with Gasteiger partial charge in [0.1, 0.15) is 17.8 Å². The molecule has 4 aromatic rings. The predicted octanol–water partition coefficient (Wildman–Crippen LogP) is 2.49. The fourth-order valence-electron chi connectivity index (χ4n) is 3.33. The number of benzene rings is 2. The van der Waals surface area contributed by atoms with Crippen molar-refractivity contribution < 1.29 is 14.3 Å². The Kier molecular flexibility index (Phi) is 6.65. The fourth-order valence-corrected chi connectivity index (χ4v) is 3.33. The summed E-state index contributed by atoms with van der Waals surface area (Å²) < 4.78 is 15.9. The second-order valence-electron chi connectivity index (χ2n) is 7.26. The highest BCUT2D eigenvalue weighted by Gasteiger charge is 2.18. The summed E-state index contributed by atoms with van der Waals surface area (Å²) in [6, 6.07) is 13.8. The second kappa shape index (κ2) is 9.96. The molecule has 4 rings (SSSR count). The number of aliphatic hydroxyl groups excluding tert-OH is 1. The van der Waals surface area contributed by atoms with Gasteiger partial charge < -0.3 is 20.3 Å². The Hall–Kier alpha value is -4.18. The Morgan fingerprint density at radius 1 is 1.15 bits per heavy atom. The maximum Gasteiger partial charge on any atom is 0.251 e. The number of rotatable bonds is 8. The van der Waals surface area contributed by atoms with E-state index in [1.54, 1.807) is 42.6 Å². The first-order valence-electron chi connectivity index (χ1n) is 10.2. The molecule has 0 saturated heterocycles. The van der Waals surface area contributed by atoms with Gasteiger partial charge in [0.2, 0.25) is 0 Å². The van der Waals surface area contributed by atoms with Crippen molar-refractivity contribution in [2.75, 3.05) is 11.9 Å². The van der Waals surface area contributed by atoms with Gasteiger partial charge in [0.05, 0.1) is 19.2 Å². The van der Waals surface area contributed by atoms with Crippen LogP contribution >= 0.6 is 0 Å². The van der Waals surface area contributed by atoms with Gasteiger partial charge in [-0.2, -0.15) is 0 Å². The second-order valence-corrected chi connectivity index (χ2v) is 7.26. The highest BCUT2D eigenvalue weighted by molar-refractivity contribution is 5.95. The van der Waals surface area contributed by atoms with Crippen LogP contribution in [0.15, 0.2) is 67.1 Å². The zero-order chi connectivity index (χ0) is 23.2. The first-order chi connectivity index (χ1) is 16.1. The number of nitrogens with one attached hydrogen (secondary N) is 2. The summed E-state index contributed by atoms with van der Waals surface area (Å²) in [5, 5.41) is 23.9. The first-order valence-corrected chi connectivity index (χ1v) is 10.2. The topological polar surface area (TPSA) is 118 Å². The number of hydrogen-bond acceptors (Lipinski definition) is 7. The average molecular weight is 447 g/mol. The summed E-state index contributed by atoms with van der Waals surface area (Å²) in [7, 11) is 1.84. The number of carbonyl (C=O) groups is 1. The van der Waals surface area contributed by atoms with E-state index in [1.807, 2.05) is 17.7 Å². The maximum absolute atomic E-state index is 14.1. The van der Waals surface area contributed by atoms with Crippen molar-refractivity contribution in [1.29, 1.82) is 0 Å². The van der Waals surface area contributed by atoms with Crippen LogP contribution in [-0.4, -0.2) is 42.4 Å². The molecule has 0 bridgehead atoms. The Labute approximate surface area is 189 Å². The van der Waals surface area contributed by atoms with Crippen LogP contribution in [0, 0.1) is 5.82 Å². The Morgan fingerprint density at radius 3 is 2.76 bits per heavy atom. The molecule has 3 N–H and O–H groups in total. The molecule has 2 aromatic carbocycles. The third kappa shape index (κ3) is 5.01. The van der Waals surface area contributed by atoms with Crippen LogP contribution in [0.5, 0.6) is 0 Å². The van der Waals surface area contributed by atoms with E-state index in [0.717, 1.165) is 0 Å². The molecule has 0 spiro atoms. The lowest BCUT2D eigenvalue weighted by Crippen LogP contribution is -2.31. The van der Waals surface area contributed by atoms with Crippen molar-refractivity contribution in [1.82, 2.24) is 30.0 Å². The van der Waals surface area contributed by atoms with Gasteiger partial charge in [0, 0.05) is 30.1 Å². The number of anilines is 1. The zero-order valence-electron chi connectivity index (χ0n) is 17.8. The van der Waals surface area contributed by atoms with E-state index >= 15 is 0 Å².